The van der Waals surface area contributed by atoms with Crippen molar-refractivity contribution in [2.45, 2.75) is 52.1 Å². The lowest BCUT2D eigenvalue weighted by atomic mass is 9.46. The van der Waals surface area contributed by atoms with Gasteiger partial charge in [-0.15, -0.1) is 0 Å². The minimum atomic E-state index is -0.619. The zero-order chi connectivity index (χ0) is 18.4. The van der Waals surface area contributed by atoms with Crippen LogP contribution < -0.4 is 0 Å². The Hall–Kier alpha value is -1.46. The van der Waals surface area contributed by atoms with Crippen LogP contribution in [-0.4, -0.2) is 41.3 Å². The number of ketones is 1. The molecule has 1 aliphatic heterocycles. The Bertz CT molecular complexity index is 636. The smallest absolute Gasteiger partial charge is 0.334 e. The van der Waals surface area contributed by atoms with Gasteiger partial charge >= 0.3 is 5.97 Å². The van der Waals surface area contributed by atoms with Crippen molar-refractivity contribution in [1.29, 1.82) is 0 Å². The highest BCUT2D eigenvalue weighted by Gasteiger charge is 2.59. The van der Waals surface area contributed by atoms with Crippen LogP contribution in [0, 0.1) is 22.7 Å². The molecule has 5 atom stereocenters. The van der Waals surface area contributed by atoms with Crippen LogP contribution in [0.2, 0.25) is 0 Å². The van der Waals surface area contributed by atoms with Gasteiger partial charge in [-0.25, -0.2) is 4.79 Å². The number of cyclic esters (lactones) is 1. The highest BCUT2D eigenvalue weighted by atomic mass is 16.5. The van der Waals surface area contributed by atoms with Gasteiger partial charge in [0.15, 0.2) is 5.78 Å². The van der Waals surface area contributed by atoms with Crippen LogP contribution >= 0.6 is 0 Å². The van der Waals surface area contributed by atoms with Crippen molar-refractivity contribution in [3.63, 3.8) is 0 Å². The molecule has 5 heteroatoms. The number of esters is 1. The molecular formula is C20H28O5. The maximum atomic E-state index is 13.1. The van der Waals surface area contributed by atoms with Gasteiger partial charge in [0.2, 0.25) is 0 Å². The largest absolute Gasteiger partial charge is 0.462 e. The summed E-state index contributed by atoms with van der Waals surface area (Å²) in [5.74, 6) is -0.855. The molecule has 1 heterocycles. The van der Waals surface area contributed by atoms with E-state index in [0.29, 0.717) is 37.9 Å². The predicted molar refractivity (Wildman–Crippen MR) is 92.6 cm³/mol. The third-order valence-corrected chi connectivity index (χ3v) is 6.94. The number of carbonyl (C=O) groups excluding carboxylic acids is 2. The Morgan fingerprint density at radius 2 is 2.08 bits per heavy atom. The fraction of sp³-hybridized carbons (Fsp3) is 0.700. The van der Waals surface area contributed by atoms with E-state index in [4.69, 9.17) is 4.74 Å². The molecule has 2 aliphatic carbocycles. The summed E-state index contributed by atoms with van der Waals surface area (Å²) in [6, 6.07) is 0. The lowest BCUT2D eigenvalue weighted by molar-refractivity contribution is -0.158. The van der Waals surface area contributed by atoms with Crippen LogP contribution in [0.25, 0.3) is 0 Å². The summed E-state index contributed by atoms with van der Waals surface area (Å²) in [5.41, 5.74) is 0.335. The van der Waals surface area contributed by atoms with E-state index in [1.807, 2.05) is 6.92 Å². The quantitative estimate of drug-likeness (QED) is 0.464. The first kappa shape index (κ1) is 18.3. The van der Waals surface area contributed by atoms with Crippen molar-refractivity contribution < 1.29 is 24.5 Å². The van der Waals surface area contributed by atoms with Gasteiger partial charge in [0.25, 0.3) is 0 Å². The fourth-order valence-electron chi connectivity index (χ4n) is 5.46. The zero-order valence-electron chi connectivity index (χ0n) is 15.1. The van der Waals surface area contributed by atoms with Gasteiger partial charge in [-0.3, -0.25) is 4.79 Å². The molecule has 2 saturated carbocycles. The molecule has 0 aromatic heterocycles. The number of aliphatic hydroxyl groups excluding tert-OH is 2. The monoisotopic (exact) mass is 348 g/mol. The van der Waals surface area contributed by atoms with Gasteiger partial charge in [0, 0.05) is 23.3 Å². The van der Waals surface area contributed by atoms with Crippen molar-refractivity contribution >= 4 is 11.8 Å². The Balaban J connectivity index is 1.97. The van der Waals surface area contributed by atoms with Gasteiger partial charge in [0.05, 0.1) is 19.3 Å². The summed E-state index contributed by atoms with van der Waals surface area (Å²) >= 11 is 0. The Morgan fingerprint density at radius 3 is 2.68 bits per heavy atom. The van der Waals surface area contributed by atoms with E-state index in [1.165, 1.54) is 6.08 Å². The number of hydrogen-bond donors (Lipinski definition) is 2. The van der Waals surface area contributed by atoms with Crippen molar-refractivity contribution in [2.24, 2.45) is 22.7 Å². The second kappa shape index (κ2) is 6.36. The molecule has 138 valence electrons. The molecule has 0 bridgehead atoms. The number of carbonyl (C=O) groups is 2. The second-order valence-corrected chi connectivity index (χ2v) is 8.36. The average molecular weight is 348 g/mol. The summed E-state index contributed by atoms with van der Waals surface area (Å²) in [6.45, 7) is 8.38. The normalized spacial score (nSPS) is 43.0. The summed E-state index contributed by atoms with van der Waals surface area (Å²) in [4.78, 5) is 24.8. The molecule has 1 saturated heterocycles. The Kier molecular flexibility index (Phi) is 4.67. The lowest BCUT2D eigenvalue weighted by Crippen LogP contribution is -2.58. The number of hydrogen-bond acceptors (Lipinski definition) is 5. The molecule has 3 fully saturated rings. The number of allylic oxidation sites excluding steroid dienone is 2. The summed E-state index contributed by atoms with van der Waals surface area (Å²) < 4.78 is 4.93. The van der Waals surface area contributed by atoms with Crippen molar-refractivity contribution in [1.82, 2.24) is 0 Å². The molecule has 5 nitrogen and oxygen atoms in total. The maximum Gasteiger partial charge on any atom is 0.334 e. The second-order valence-electron chi connectivity index (χ2n) is 8.36. The van der Waals surface area contributed by atoms with Crippen molar-refractivity contribution in [3.8, 4) is 0 Å². The lowest BCUT2D eigenvalue weighted by Gasteiger charge is -2.59. The number of rotatable bonds is 3. The Morgan fingerprint density at radius 1 is 1.36 bits per heavy atom. The minimum absolute atomic E-state index is 0.0297. The van der Waals surface area contributed by atoms with Crippen LogP contribution in [0.5, 0.6) is 0 Å². The van der Waals surface area contributed by atoms with Gasteiger partial charge in [-0.2, -0.15) is 0 Å². The Labute approximate surface area is 148 Å². The van der Waals surface area contributed by atoms with E-state index in [2.05, 4.69) is 13.5 Å². The highest BCUT2D eigenvalue weighted by Crippen LogP contribution is 2.61. The van der Waals surface area contributed by atoms with Gasteiger partial charge < -0.3 is 14.9 Å². The van der Waals surface area contributed by atoms with Crippen LogP contribution in [-0.2, 0) is 14.3 Å². The van der Waals surface area contributed by atoms with E-state index in [-0.39, 0.29) is 29.6 Å². The van der Waals surface area contributed by atoms with Crippen molar-refractivity contribution in [2.75, 3.05) is 13.2 Å². The molecule has 0 unspecified atom stereocenters. The standard InChI is InChI=1S/C20H28O5/c1-12-4-5-15-19(2,8-6-16(23)20(15,3)11-21)17(12)14(22)10-13-7-9-25-18(13)24/h10,15-17,21,23H,1,4-9,11H2,2-3H3/b13-10+/t15-,16+,17-,19+,20-/m0/s1. The highest BCUT2D eigenvalue weighted by molar-refractivity contribution is 6.02. The van der Waals surface area contributed by atoms with Crippen LogP contribution in [0.1, 0.15) is 46.0 Å². The van der Waals surface area contributed by atoms with Crippen molar-refractivity contribution in [3.05, 3.63) is 23.8 Å². The molecule has 0 radical (unpaired) electrons. The fourth-order valence-corrected chi connectivity index (χ4v) is 5.46. The first-order valence-corrected chi connectivity index (χ1v) is 9.12. The predicted octanol–water partition coefficient (Wildman–Crippen LogP) is 2.17. The maximum absolute atomic E-state index is 13.1. The van der Waals surface area contributed by atoms with Gasteiger partial charge in [-0.1, -0.05) is 26.0 Å². The summed E-state index contributed by atoms with van der Waals surface area (Å²) in [5, 5.41) is 20.5. The van der Waals surface area contributed by atoms with E-state index in [0.717, 1.165) is 12.0 Å². The van der Waals surface area contributed by atoms with Gasteiger partial charge in [-0.05, 0) is 43.1 Å². The molecule has 3 rings (SSSR count). The minimum Gasteiger partial charge on any atom is -0.462 e. The zero-order valence-corrected chi connectivity index (χ0v) is 15.1. The summed E-state index contributed by atoms with van der Waals surface area (Å²) in [6.07, 6.45) is 4.12. The average Bonchev–Trinajstić information content (AvgIpc) is 2.96. The molecule has 0 spiro atoms. The molecule has 0 aromatic carbocycles. The number of ether oxygens (including phenoxy) is 1. The van der Waals surface area contributed by atoms with Crippen LogP contribution in [0.4, 0.5) is 0 Å². The van der Waals surface area contributed by atoms with Crippen LogP contribution in [0.15, 0.2) is 23.8 Å². The van der Waals surface area contributed by atoms with E-state index in [9.17, 15) is 19.8 Å². The molecule has 25 heavy (non-hydrogen) atoms. The molecule has 0 amide bonds. The first-order valence-electron chi connectivity index (χ1n) is 9.12. The van der Waals surface area contributed by atoms with E-state index in [1.54, 1.807) is 0 Å². The van der Waals surface area contributed by atoms with Crippen LogP contribution in [0.3, 0.4) is 0 Å². The molecule has 0 aromatic rings. The molecular weight excluding hydrogens is 320 g/mol. The summed E-state index contributed by atoms with van der Waals surface area (Å²) in [7, 11) is 0. The third kappa shape index (κ3) is 2.77. The topological polar surface area (TPSA) is 83.8 Å². The van der Waals surface area contributed by atoms with E-state index < -0.39 is 17.5 Å². The van der Waals surface area contributed by atoms with E-state index >= 15 is 0 Å². The first-order chi connectivity index (χ1) is 11.7. The number of aliphatic hydroxyl groups is 2. The molecule has 2 N–H and O–H groups in total. The van der Waals surface area contributed by atoms with Gasteiger partial charge in [0.1, 0.15) is 0 Å². The molecule has 3 aliphatic rings. The number of fused-ring (bicyclic) bond motifs is 1. The third-order valence-electron chi connectivity index (χ3n) is 6.94. The SMILES string of the molecule is C=C1CC[C@H]2[C@@](C)(CC[C@@H](O)[C@@]2(C)CO)[C@@H]1C(=O)/C=C1\CCOC1=O.